The first kappa shape index (κ1) is 18.9. The molecule has 1 atom stereocenters. The molecule has 0 bridgehead atoms. The van der Waals surface area contributed by atoms with Crippen molar-refractivity contribution in [1.82, 2.24) is 19.6 Å². The van der Waals surface area contributed by atoms with E-state index in [1.54, 1.807) is 0 Å². The van der Waals surface area contributed by atoms with E-state index in [9.17, 15) is 5.11 Å². The topological polar surface area (TPSA) is 44.5 Å². The summed E-state index contributed by atoms with van der Waals surface area (Å²) in [5.74, 6) is 0. The number of aryl methyl sites for hydroxylation is 2. The van der Waals surface area contributed by atoms with Gasteiger partial charge in [0.25, 0.3) is 0 Å². The van der Waals surface area contributed by atoms with Gasteiger partial charge in [-0.3, -0.25) is 14.5 Å². The molecule has 1 aliphatic carbocycles. The second kappa shape index (κ2) is 8.65. The van der Waals surface area contributed by atoms with Crippen LogP contribution in [0.2, 0.25) is 0 Å². The molecule has 0 aromatic carbocycles. The highest BCUT2D eigenvalue weighted by Crippen LogP contribution is 2.28. The smallest absolute Gasteiger partial charge is 0.0641 e. The molecule has 1 aromatic heterocycles. The van der Waals surface area contributed by atoms with Crippen LogP contribution < -0.4 is 0 Å². The van der Waals surface area contributed by atoms with Gasteiger partial charge in [-0.05, 0) is 40.0 Å². The number of hydrogen-bond donors (Lipinski definition) is 1. The van der Waals surface area contributed by atoms with Gasteiger partial charge in [0.15, 0.2) is 0 Å². The second-order valence-corrected chi connectivity index (χ2v) is 7.90. The number of aromatic nitrogens is 2. The predicted molar refractivity (Wildman–Crippen MR) is 102 cm³/mol. The Morgan fingerprint density at radius 3 is 2.52 bits per heavy atom. The van der Waals surface area contributed by atoms with Crippen molar-refractivity contribution in [2.45, 2.75) is 84.5 Å². The average molecular weight is 349 g/mol. The molecule has 1 unspecified atom stereocenters. The quantitative estimate of drug-likeness (QED) is 0.858. The maximum Gasteiger partial charge on any atom is 0.0641 e. The number of aliphatic hydroxyl groups is 1. The van der Waals surface area contributed by atoms with Crippen LogP contribution >= 0.6 is 0 Å². The molecule has 1 saturated heterocycles. The largest absolute Gasteiger partial charge is 0.396 e. The summed E-state index contributed by atoms with van der Waals surface area (Å²) in [6.45, 7) is 12.1. The Balaban J connectivity index is 1.66. The third-order valence-electron chi connectivity index (χ3n) is 6.33. The molecule has 142 valence electrons. The molecular weight excluding hydrogens is 312 g/mol. The van der Waals surface area contributed by atoms with Gasteiger partial charge in [-0.25, -0.2) is 0 Å². The maximum atomic E-state index is 9.58. The SMILES string of the molecule is CCn1nc(C)c(CN2CCN(C3CCCCC3)C(CCO)C2)c1C. The molecule has 0 spiro atoms. The highest BCUT2D eigenvalue weighted by atomic mass is 16.3. The normalized spacial score (nSPS) is 24.1. The molecule has 2 heterocycles. The standard InChI is InChI=1S/C20H36N4O/c1-4-24-17(3)20(16(2)21-24)15-22-11-12-23(19(14-22)10-13-25)18-8-6-5-7-9-18/h18-19,25H,4-15H2,1-3H3. The van der Waals surface area contributed by atoms with Crippen molar-refractivity contribution in [3.8, 4) is 0 Å². The van der Waals surface area contributed by atoms with Crippen molar-refractivity contribution in [3.05, 3.63) is 17.0 Å². The summed E-state index contributed by atoms with van der Waals surface area (Å²) < 4.78 is 2.12. The summed E-state index contributed by atoms with van der Waals surface area (Å²) in [6.07, 6.45) is 7.77. The van der Waals surface area contributed by atoms with Crippen molar-refractivity contribution in [2.75, 3.05) is 26.2 Å². The Morgan fingerprint density at radius 2 is 1.88 bits per heavy atom. The van der Waals surface area contributed by atoms with Crippen LogP contribution in [-0.2, 0) is 13.1 Å². The van der Waals surface area contributed by atoms with Crippen LogP contribution in [0.1, 0.15) is 62.4 Å². The minimum absolute atomic E-state index is 0.299. The van der Waals surface area contributed by atoms with Crippen LogP contribution in [0.5, 0.6) is 0 Å². The third-order valence-corrected chi connectivity index (χ3v) is 6.33. The molecule has 5 nitrogen and oxygen atoms in total. The number of rotatable bonds is 6. The van der Waals surface area contributed by atoms with Crippen molar-refractivity contribution in [3.63, 3.8) is 0 Å². The molecule has 2 fully saturated rings. The number of hydrogen-bond acceptors (Lipinski definition) is 4. The van der Waals surface area contributed by atoms with Crippen LogP contribution in [0.4, 0.5) is 0 Å². The van der Waals surface area contributed by atoms with Gasteiger partial charge in [0.05, 0.1) is 5.69 Å². The van der Waals surface area contributed by atoms with Gasteiger partial charge in [-0.1, -0.05) is 19.3 Å². The summed E-state index contributed by atoms with van der Waals surface area (Å²) in [5, 5.41) is 14.3. The Hall–Kier alpha value is -0.910. The highest BCUT2D eigenvalue weighted by Gasteiger charge is 2.32. The van der Waals surface area contributed by atoms with E-state index in [1.807, 2.05) is 0 Å². The lowest BCUT2D eigenvalue weighted by atomic mass is 9.91. The number of nitrogens with zero attached hydrogens (tertiary/aromatic N) is 4. The first-order valence-electron chi connectivity index (χ1n) is 10.3. The molecule has 1 aliphatic heterocycles. The first-order valence-corrected chi connectivity index (χ1v) is 10.3. The van der Waals surface area contributed by atoms with Gasteiger partial charge in [0.2, 0.25) is 0 Å². The van der Waals surface area contributed by atoms with E-state index in [-0.39, 0.29) is 0 Å². The minimum atomic E-state index is 0.299. The second-order valence-electron chi connectivity index (χ2n) is 7.90. The monoisotopic (exact) mass is 348 g/mol. The van der Waals surface area contributed by atoms with Crippen molar-refractivity contribution in [2.24, 2.45) is 0 Å². The highest BCUT2D eigenvalue weighted by molar-refractivity contribution is 5.24. The fourth-order valence-electron chi connectivity index (χ4n) is 4.87. The van der Waals surface area contributed by atoms with Gasteiger partial charge in [0.1, 0.15) is 0 Å². The van der Waals surface area contributed by atoms with E-state index < -0.39 is 0 Å². The summed E-state index contributed by atoms with van der Waals surface area (Å²) in [4.78, 5) is 5.30. The Kier molecular flexibility index (Phi) is 6.53. The van der Waals surface area contributed by atoms with Crippen LogP contribution in [0.15, 0.2) is 0 Å². The van der Waals surface area contributed by atoms with E-state index in [0.717, 1.165) is 45.2 Å². The zero-order valence-corrected chi connectivity index (χ0v) is 16.4. The third kappa shape index (κ3) is 4.26. The van der Waals surface area contributed by atoms with Crippen molar-refractivity contribution >= 4 is 0 Å². The molecule has 3 rings (SSSR count). The van der Waals surface area contributed by atoms with Crippen molar-refractivity contribution in [1.29, 1.82) is 0 Å². The Bertz CT molecular complexity index is 550. The summed E-state index contributed by atoms with van der Waals surface area (Å²) in [6, 6.07) is 1.25. The first-order chi connectivity index (χ1) is 12.1. The minimum Gasteiger partial charge on any atom is -0.396 e. The van der Waals surface area contributed by atoms with Gasteiger partial charge >= 0.3 is 0 Å². The molecule has 1 aromatic rings. The van der Waals surface area contributed by atoms with E-state index in [4.69, 9.17) is 0 Å². The summed E-state index contributed by atoms with van der Waals surface area (Å²) in [5.41, 5.74) is 3.89. The van der Waals surface area contributed by atoms with Crippen LogP contribution in [-0.4, -0.2) is 63.0 Å². The zero-order valence-electron chi connectivity index (χ0n) is 16.4. The van der Waals surface area contributed by atoms with Crippen LogP contribution in [0.3, 0.4) is 0 Å². The molecule has 1 N–H and O–H groups in total. The molecule has 5 heteroatoms. The van der Waals surface area contributed by atoms with Gasteiger partial charge in [-0.2, -0.15) is 5.10 Å². The number of piperazine rings is 1. The van der Waals surface area contributed by atoms with E-state index in [2.05, 4.69) is 40.4 Å². The zero-order chi connectivity index (χ0) is 17.8. The summed E-state index contributed by atoms with van der Waals surface area (Å²) >= 11 is 0. The summed E-state index contributed by atoms with van der Waals surface area (Å²) in [7, 11) is 0. The molecular formula is C20H36N4O. The fourth-order valence-corrected chi connectivity index (χ4v) is 4.87. The molecule has 25 heavy (non-hydrogen) atoms. The van der Waals surface area contributed by atoms with Crippen LogP contribution in [0, 0.1) is 13.8 Å². The Labute approximate surface area is 153 Å². The van der Waals surface area contributed by atoms with Gasteiger partial charge in [-0.15, -0.1) is 0 Å². The van der Waals surface area contributed by atoms with Gasteiger partial charge < -0.3 is 5.11 Å². The maximum absolute atomic E-state index is 9.58. The lowest BCUT2D eigenvalue weighted by molar-refractivity contribution is 0.0135. The lowest BCUT2D eigenvalue weighted by Crippen LogP contribution is -2.56. The van der Waals surface area contributed by atoms with Gasteiger partial charge in [0, 0.05) is 62.7 Å². The molecule has 1 saturated carbocycles. The number of aliphatic hydroxyl groups excluding tert-OH is 1. The van der Waals surface area contributed by atoms with E-state index >= 15 is 0 Å². The van der Waals surface area contributed by atoms with Crippen LogP contribution in [0.25, 0.3) is 0 Å². The molecule has 2 aliphatic rings. The molecule has 0 amide bonds. The van der Waals surface area contributed by atoms with E-state index in [0.29, 0.717) is 12.6 Å². The van der Waals surface area contributed by atoms with Crippen molar-refractivity contribution < 1.29 is 5.11 Å². The molecule has 0 radical (unpaired) electrons. The van der Waals surface area contributed by atoms with E-state index in [1.165, 1.54) is 49.1 Å². The predicted octanol–water partition coefficient (Wildman–Crippen LogP) is 2.72. The lowest BCUT2D eigenvalue weighted by Gasteiger charge is -2.46. The Morgan fingerprint density at radius 1 is 1.12 bits per heavy atom. The average Bonchev–Trinajstić information content (AvgIpc) is 2.90. The fraction of sp³-hybridized carbons (Fsp3) is 0.850.